The molecule has 0 saturated carbocycles. The monoisotopic (exact) mass is 291 g/mol. The fraction of sp³-hybridized carbons (Fsp3) is 0.333. The number of carbonyl (C=O) groups excluding carboxylic acids is 2. The Kier molecular flexibility index (Phi) is 4.81. The summed E-state index contributed by atoms with van der Waals surface area (Å²) in [6.45, 7) is 4.12. The lowest BCUT2D eigenvalue weighted by Crippen LogP contribution is -2.31. The fourth-order valence-corrected chi connectivity index (χ4v) is 1.63. The van der Waals surface area contributed by atoms with E-state index in [2.05, 4.69) is 5.32 Å². The van der Waals surface area contributed by atoms with Crippen molar-refractivity contribution in [2.75, 3.05) is 18.5 Å². The number of benzene rings is 1. The van der Waals surface area contributed by atoms with E-state index in [9.17, 15) is 9.59 Å². The van der Waals surface area contributed by atoms with Crippen LogP contribution in [0.1, 0.15) is 12.5 Å². The molecule has 2 rings (SSSR count). The molecule has 21 heavy (non-hydrogen) atoms. The van der Waals surface area contributed by atoms with Crippen molar-refractivity contribution in [2.45, 2.75) is 20.0 Å². The van der Waals surface area contributed by atoms with Gasteiger partial charge < -0.3 is 19.5 Å². The molecule has 0 unspecified atom stereocenters. The van der Waals surface area contributed by atoms with Crippen LogP contribution < -0.4 is 5.32 Å². The van der Waals surface area contributed by atoms with Gasteiger partial charge in [-0.3, -0.25) is 4.79 Å². The topological polar surface area (TPSA) is 73.9 Å². The van der Waals surface area contributed by atoms with E-state index in [0.717, 1.165) is 5.56 Å². The van der Waals surface area contributed by atoms with E-state index in [1.165, 1.54) is 13.2 Å². The van der Waals surface area contributed by atoms with Crippen LogP contribution in [0.5, 0.6) is 0 Å². The normalized spacial score (nSPS) is 15.0. The predicted octanol–water partition coefficient (Wildman–Crippen LogP) is 1.75. The second kappa shape index (κ2) is 6.78. The van der Waals surface area contributed by atoms with Gasteiger partial charge in [0.05, 0.1) is 0 Å². The standard InChI is InChI=1S/C15H17NO5/c1-10-3-5-12(6-4-10)16-14(17)11(2)21-15(18)13-9-19-7-8-20-13/h3-6,9,11H,7-8H2,1-2H3,(H,16,17)/t11-/m1/s1. The molecule has 0 aliphatic carbocycles. The van der Waals surface area contributed by atoms with E-state index in [4.69, 9.17) is 14.2 Å². The molecule has 1 atom stereocenters. The zero-order valence-electron chi connectivity index (χ0n) is 11.9. The van der Waals surface area contributed by atoms with Gasteiger partial charge in [0.2, 0.25) is 5.76 Å². The molecule has 6 heteroatoms. The first kappa shape index (κ1) is 14.9. The van der Waals surface area contributed by atoms with Crippen molar-refractivity contribution in [3.05, 3.63) is 41.9 Å². The van der Waals surface area contributed by atoms with Crippen LogP contribution in [-0.2, 0) is 23.8 Å². The van der Waals surface area contributed by atoms with Crippen LogP contribution in [0.25, 0.3) is 0 Å². The molecular formula is C15H17NO5. The van der Waals surface area contributed by atoms with Crippen molar-refractivity contribution in [1.82, 2.24) is 0 Å². The molecular weight excluding hydrogens is 274 g/mol. The Hall–Kier alpha value is -2.50. The maximum absolute atomic E-state index is 11.9. The minimum Gasteiger partial charge on any atom is -0.493 e. The molecule has 1 aliphatic rings. The third-order valence-electron chi connectivity index (χ3n) is 2.82. The van der Waals surface area contributed by atoms with Crippen LogP contribution in [0.4, 0.5) is 5.69 Å². The van der Waals surface area contributed by atoms with Gasteiger partial charge in [-0.2, -0.15) is 0 Å². The maximum Gasteiger partial charge on any atom is 0.377 e. The van der Waals surface area contributed by atoms with Gasteiger partial charge in [-0.05, 0) is 26.0 Å². The van der Waals surface area contributed by atoms with Crippen LogP contribution in [0.15, 0.2) is 36.3 Å². The summed E-state index contributed by atoms with van der Waals surface area (Å²) in [5, 5.41) is 2.67. The predicted molar refractivity (Wildman–Crippen MR) is 75.3 cm³/mol. The largest absolute Gasteiger partial charge is 0.493 e. The van der Waals surface area contributed by atoms with E-state index in [0.29, 0.717) is 12.3 Å². The third-order valence-corrected chi connectivity index (χ3v) is 2.82. The van der Waals surface area contributed by atoms with Gasteiger partial charge in [-0.15, -0.1) is 0 Å². The number of carbonyl (C=O) groups is 2. The molecule has 0 radical (unpaired) electrons. The van der Waals surface area contributed by atoms with Crippen LogP contribution in [0.2, 0.25) is 0 Å². The smallest absolute Gasteiger partial charge is 0.377 e. The average molecular weight is 291 g/mol. The molecule has 1 aliphatic heterocycles. The Morgan fingerprint density at radius 2 is 1.95 bits per heavy atom. The number of esters is 1. The third kappa shape index (κ3) is 4.24. The van der Waals surface area contributed by atoms with Crippen molar-refractivity contribution in [2.24, 2.45) is 0 Å². The highest BCUT2D eigenvalue weighted by Gasteiger charge is 2.23. The van der Waals surface area contributed by atoms with Gasteiger partial charge in [0, 0.05) is 5.69 Å². The van der Waals surface area contributed by atoms with Crippen LogP contribution in [0, 0.1) is 6.92 Å². The van der Waals surface area contributed by atoms with Crippen molar-refractivity contribution in [3.8, 4) is 0 Å². The summed E-state index contributed by atoms with van der Waals surface area (Å²) in [6, 6.07) is 7.32. The van der Waals surface area contributed by atoms with Crippen LogP contribution >= 0.6 is 0 Å². The first-order valence-electron chi connectivity index (χ1n) is 6.59. The second-order valence-corrected chi connectivity index (χ2v) is 4.60. The van der Waals surface area contributed by atoms with Crippen LogP contribution in [-0.4, -0.2) is 31.2 Å². The second-order valence-electron chi connectivity index (χ2n) is 4.60. The lowest BCUT2D eigenvalue weighted by molar-refractivity contribution is -0.153. The lowest BCUT2D eigenvalue weighted by atomic mass is 10.2. The van der Waals surface area contributed by atoms with Crippen molar-refractivity contribution in [3.63, 3.8) is 0 Å². The van der Waals surface area contributed by atoms with Crippen molar-refractivity contribution in [1.29, 1.82) is 0 Å². The minimum atomic E-state index is -0.940. The fourth-order valence-electron chi connectivity index (χ4n) is 1.63. The highest BCUT2D eigenvalue weighted by Crippen LogP contribution is 2.11. The highest BCUT2D eigenvalue weighted by molar-refractivity contribution is 5.96. The number of hydrogen-bond acceptors (Lipinski definition) is 5. The van der Waals surface area contributed by atoms with E-state index in [-0.39, 0.29) is 12.4 Å². The minimum absolute atomic E-state index is 0.0313. The summed E-state index contributed by atoms with van der Waals surface area (Å²) in [5.74, 6) is -1.16. The van der Waals surface area contributed by atoms with Crippen molar-refractivity contribution >= 4 is 17.6 Å². The van der Waals surface area contributed by atoms with Gasteiger partial charge in [-0.25, -0.2) is 4.79 Å². The van der Waals surface area contributed by atoms with E-state index in [1.54, 1.807) is 12.1 Å². The number of anilines is 1. The van der Waals surface area contributed by atoms with Gasteiger partial charge in [0.15, 0.2) is 6.10 Å². The lowest BCUT2D eigenvalue weighted by Gasteiger charge is -2.17. The van der Waals surface area contributed by atoms with Gasteiger partial charge >= 0.3 is 5.97 Å². The summed E-state index contributed by atoms with van der Waals surface area (Å²) in [7, 11) is 0. The Bertz CT molecular complexity index is 550. The molecule has 1 N–H and O–H groups in total. The van der Waals surface area contributed by atoms with E-state index in [1.807, 2.05) is 19.1 Å². The molecule has 0 aromatic heterocycles. The molecule has 0 bridgehead atoms. The molecule has 0 saturated heterocycles. The number of aryl methyl sites for hydroxylation is 1. The number of hydrogen-bond donors (Lipinski definition) is 1. The van der Waals surface area contributed by atoms with E-state index < -0.39 is 18.0 Å². The summed E-state index contributed by atoms with van der Waals surface area (Å²) in [6.07, 6.45) is 0.251. The number of ether oxygens (including phenoxy) is 3. The maximum atomic E-state index is 11.9. The van der Waals surface area contributed by atoms with Gasteiger partial charge in [0.25, 0.3) is 5.91 Å². The summed E-state index contributed by atoms with van der Waals surface area (Å²) in [4.78, 5) is 23.7. The molecule has 6 nitrogen and oxygen atoms in total. The molecule has 0 spiro atoms. The first-order valence-corrected chi connectivity index (χ1v) is 6.59. The SMILES string of the molecule is Cc1ccc(NC(=O)[C@@H](C)OC(=O)C2=COCCO2)cc1. The summed E-state index contributed by atoms with van der Waals surface area (Å²) in [5.41, 5.74) is 1.74. The highest BCUT2D eigenvalue weighted by atomic mass is 16.6. The zero-order chi connectivity index (χ0) is 15.2. The quantitative estimate of drug-likeness (QED) is 0.856. The summed E-state index contributed by atoms with van der Waals surface area (Å²) >= 11 is 0. The van der Waals surface area contributed by atoms with Crippen LogP contribution in [0.3, 0.4) is 0 Å². The average Bonchev–Trinajstić information content (AvgIpc) is 2.50. The Balaban J connectivity index is 1.88. The van der Waals surface area contributed by atoms with Gasteiger partial charge in [-0.1, -0.05) is 17.7 Å². The zero-order valence-corrected chi connectivity index (χ0v) is 11.9. The first-order chi connectivity index (χ1) is 10.1. The summed E-state index contributed by atoms with van der Waals surface area (Å²) < 4.78 is 15.1. The molecule has 1 aromatic rings. The molecule has 1 amide bonds. The Labute approximate surface area is 122 Å². The molecule has 112 valence electrons. The number of rotatable bonds is 4. The van der Waals surface area contributed by atoms with Crippen molar-refractivity contribution < 1.29 is 23.8 Å². The molecule has 0 fully saturated rings. The van der Waals surface area contributed by atoms with Gasteiger partial charge in [0.1, 0.15) is 19.5 Å². The number of amides is 1. The molecule has 1 aromatic carbocycles. The number of nitrogens with one attached hydrogen (secondary N) is 1. The Morgan fingerprint density at radius 1 is 1.24 bits per heavy atom. The van der Waals surface area contributed by atoms with E-state index >= 15 is 0 Å². The molecule has 1 heterocycles. The Morgan fingerprint density at radius 3 is 2.57 bits per heavy atom.